The van der Waals surface area contributed by atoms with E-state index in [1.807, 2.05) is 0 Å². The maximum absolute atomic E-state index is 12.8. The highest BCUT2D eigenvalue weighted by Gasteiger charge is 2.59. The minimum absolute atomic E-state index is 0.151. The highest BCUT2D eigenvalue weighted by atomic mass is 16.8. The molecule has 0 unspecified atom stereocenters. The molecule has 160 valence electrons. The predicted molar refractivity (Wildman–Crippen MR) is 94.2 cm³/mol. The van der Waals surface area contributed by atoms with Gasteiger partial charge >= 0.3 is 5.97 Å². The van der Waals surface area contributed by atoms with E-state index in [1.165, 1.54) is 0 Å². The molecular formula is C19H24O10. The number of fused-ring (bicyclic) bond motifs is 2. The Morgan fingerprint density at radius 2 is 1.62 bits per heavy atom. The van der Waals surface area contributed by atoms with Gasteiger partial charge in [0.1, 0.15) is 12.2 Å². The fourth-order valence-corrected chi connectivity index (χ4v) is 3.70. The highest BCUT2D eigenvalue weighted by molar-refractivity contribution is 5.91. The lowest BCUT2D eigenvalue weighted by Gasteiger charge is -2.48. The molecule has 0 aliphatic carbocycles. The van der Waals surface area contributed by atoms with Gasteiger partial charge in [-0.1, -0.05) is 0 Å². The summed E-state index contributed by atoms with van der Waals surface area (Å²) in [5.74, 6) is -4.75. The molecular weight excluding hydrogens is 388 g/mol. The average Bonchev–Trinajstić information content (AvgIpc) is 2.93. The molecule has 3 saturated heterocycles. The first-order valence-corrected chi connectivity index (χ1v) is 9.24. The number of ether oxygens (including phenoxy) is 6. The molecule has 1 aromatic carbocycles. The van der Waals surface area contributed by atoms with Crippen LogP contribution in [0.15, 0.2) is 12.1 Å². The Balaban J connectivity index is 1.63. The monoisotopic (exact) mass is 412 g/mol. The Morgan fingerprint density at radius 1 is 1.00 bits per heavy atom. The molecule has 0 radical (unpaired) electrons. The lowest BCUT2D eigenvalue weighted by Crippen LogP contribution is -2.64. The number of carbonyl (C=O) groups excluding carboxylic acids is 1. The molecule has 0 amide bonds. The van der Waals surface area contributed by atoms with Crippen LogP contribution in [0.25, 0.3) is 0 Å². The van der Waals surface area contributed by atoms with Gasteiger partial charge in [-0.25, -0.2) is 4.79 Å². The van der Waals surface area contributed by atoms with Crippen LogP contribution in [0.1, 0.15) is 38.1 Å². The second kappa shape index (κ2) is 6.71. The van der Waals surface area contributed by atoms with Crippen molar-refractivity contribution in [1.29, 1.82) is 0 Å². The van der Waals surface area contributed by atoms with Crippen molar-refractivity contribution in [3.63, 3.8) is 0 Å². The zero-order valence-corrected chi connectivity index (χ0v) is 16.4. The molecule has 10 nitrogen and oxygen atoms in total. The van der Waals surface area contributed by atoms with Crippen molar-refractivity contribution < 1.29 is 48.5 Å². The van der Waals surface area contributed by atoms with Crippen molar-refractivity contribution in [3.8, 4) is 17.2 Å². The molecule has 0 spiro atoms. The van der Waals surface area contributed by atoms with Crippen LogP contribution >= 0.6 is 0 Å². The molecule has 5 atom stereocenters. The standard InChI is InChI=1S/C19H24O10/c1-18(2)24-7-11-13(27-18)14(15-17(25-11)29-19(3,4)28-15)26-16(23)8-5-9(20)12(22)10(21)6-8/h5-6,11,13-15,17,20-22H,7H2,1-4H3/t11-,13-,14+,15-,17-/m1/s1. The molecule has 10 heteroatoms. The molecule has 3 heterocycles. The van der Waals surface area contributed by atoms with Crippen LogP contribution in [-0.4, -0.2) is 70.2 Å². The topological polar surface area (TPSA) is 133 Å². The van der Waals surface area contributed by atoms with Gasteiger partial charge in [-0.15, -0.1) is 0 Å². The van der Waals surface area contributed by atoms with Crippen LogP contribution in [0.4, 0.5) is 0 Å². The number of phenols is 3. The molecule has 3 fully saturated rings. The SMILES string of the molecule is CC1(C)O[C@H]2O[C@@H]3COC(C)(C)O[C@H]3[C@H](OC(=O)c3cc(O)c(O)c(O)c3)[C@H]2O1. The molecule has 4 rings (SSSR count). The van der Waals surface area contributed by atoms with Crippen molar-refractivity contribution in [2.45, 2.75) is 70.0 Å². The number of phenolic OH excluding ortho intramolecular Hbond substituents is 3. The van der Waals surface area contributed by atoms with Crippen LogP contribution in [0, 0.1) is 0 Å². The number of carbonyl (C=O) groups is 1. The number of hydrogen-bond acceptors (Lipinski definition) is 10. The van der Waals surface area contributed by atoms with E-state index in [0.29, 0.717) is 0 Å². The first-order valence-electron chi connectivity index (χ1n) is 9.24. The van der Waals surface area contributed by atoms with Gasteiger partial charge < -0.3 is 43.7 Å². The Kier molecular flexibility index (Phi) is 4.67. The van der Waals surface area contributed by atoms with Gasteiger partial charge in [-0.2, -0.15) is 0 Å². The van der Waals surface area contributed by atoms with Gasteiger partial charge in [0.15, 0.2) is 47.3 Å². The van der Waals surface area contributed by atoms with E-state index >= 15 is 0 Å². The van der Waals surface area contributed by atoms with Crippen molar-refractivity contribution in [3.05, 3.63) is 17.7 Å². The van der Waals surface area contributed by atoms with Crippen LogP contribution in [0.5, 0.6) is 17.2 Å². The fraction of sp³-hybridized carbons (Fsp3) is 0.632. The van der Waals surface area contributed by atoms with Crippen molar-refractivity contribution in [2.24, 2.45) is 0 Å². The molecule has 0 saturated carbocycles. The molecule has 3 N–H and O–H groups in total. The Labute approximate surface area is 166 Å². The Hall–Kier alpha value is -2.11. The summed E-state index contributed by atoms with van der Waals surface area (Å²) in [4.78, 5) is 12.8. The number of aromatic hydroxyl groups is 3. The van der Waals surface area contributed by atoms with Crippen LogP contribution in [0.2, 0.25) is 0 Å². The normalized spacial score (nSPS) is 34.8. The second-order valence-corrected chi connectivity index (χ2v) is 8.17. The zero-order valence-electron chi connectivity index (χ0n) is 16.4. The summed E-state index contributed by atoms with van der Waals surface area (Å²) in [5.41, 5.74) is -0.151. The lowest BCUT2D eigenvalue weighted by atomic mass is 9.97. The number of benzene rings is 1. The van der Waals surface area contributed by atoms with Crippen molar-refractivity contribution >= 4 is 5.97 Å². The minimum Gasteiger partial charge on any atom is -0.504 e. The first kappa shape index (κ1) is 20.2. The third-order valence-corrected chi connectivity index (χ3v) is 4.97. The average molecular weight is 412 g/mol. The smallest absolute Gasteiger partial charge is 0.338 e. The van der Waals surface area contributed by atoms with E-state index in [4.69, 9.17) is 28.4 Å². The molecule has 1 aromatic rings. The largest absolute Gasteiger partial charge is 0.504 e. The molecule has 0 aromatic heterocycles. The summed E-state index contributed by atoms with van der Waals surface area (Å²) >= 11 is 0. The van der Waals surface area contributed by atoms with E-state index in [1.54, 1.807) is 27.7 Å². The van der Waals surface area contributed by atoms with E-state index < -0.39 is 65.5 Å². The van der Waals surface area contributed by atoms with Gasteiger partial charge in [0.25, 0.3) is 0 Å². The van der Waals surface area contributed by atoms with Gasteiger partial charge in [-0.3, -0.25) is 0 Å². The highest BCUT2D eigenvalue weighted by Crippen LogP contribution is 2.42. The first-order chi connectivity index (χ1) is 13.5. The van der Waals surface area contributed by atoms with Crippen molar-refractivity contribution in [1.82, 2.24) is 0 Å². The minimum atomic E-state index is -0.959. The van der Waals surface area contributed by atoms with Crippen LogP contribution < -0.4 is 0 Å². The second-order valence-electron chi connectivity index (χ2n) is 8.17. The summed E-state index contributed by atoms with van der Waals surface area (Å²) in [6.45, 7) is 7.11. The van der Waals surface area contributed by atoms with E-state index in [-0.39, 0.29) is 12.2 Å². The third kappa shape index (κ3) is 3.74. The summed E-state index contributed by atoms with van der Waals surface area (Å²) in [6.07, 6.45) is -3.71. The van der Waals surface area contributed by atoms with Gasteiger partial charge in [0, 0.05) is 0 Å². The summed E-state index contributed by atoms with van der Waals surface area (Å²) < 4.78 is 34.9. The summed E-state index contributed by atoms with van der Waals surface area (Å²) in [6, 6.07) is 1.99. The number of rotatable bonds is 2. The third-order valence-electron chi connectivity index (χ3n) is 4.97. The van der Waals surface area contributed by atoms with E-state index in [2.05, 4.69) is 0 Å². The Morgan fingerprint density at radius 3 is 2.28 bits per heavy atom. The quantitative estimate of drug-likeness (QED) is 0.483. The number of hydrogen-bond donors (Lipinski definition) is 3. The summed E-state index contributed by atoms with van der Waals surface area (Å²) in [5, 5.41) is 28.9. The van der Waals surface area contributed by atoms with Crippen LogP contribution in [0.3, 0.4) is 0 Å². The van der Waals surface area contributed by atoms with Gasteiger partial charge in [0.05, 0.1) is 12.2 Å². The van der Waals surface area contributed by atoms with E-state index in [0.717, 1.165) is 12.1 Å². The number of esters is 1. The van der Waals surface area contributed by atoms with Crippen molar-refractivity contribution in [2.75, 3.05) is 6.61 Å². The molecule has 29 heavy (non-hydrogen) atoms. The van der Waals surface area contributed by atoms with Gasteiger partial charge in [-0.05, 0) is 39.8 Å². The molecule has 3 aliphatic rings. The summed E-state index contributed by atoms with van der Waals surface area (Å²) in [7, 11) is 0. The Bertz CT molecular complexity index is 794. The molecule has 0 bridgehead atoms. The lowest BCUT2D eigenvalue weighted by molar-refractivity contribution is -0.364. The molecule has 3 aliphatic heterocycles. The van der Waals surface area contributed by atoms with Gasteiger partial charge in [0.2, 0.25) is 0 Å². The van der Waals surface area contributed by atoms with Crippen LogP contribution in [-0.2, 0) is 28.4 Å². The zero-order chi connectivity index (χ0) is 21.1. The maximum atomic E-state index is 12.8. The predicted octanol–water partition coefficient (Wildman–Crippen LogP) is 1.36. The fourth-order valence-electron chi connectivity index (χ4n) is 3.70. The maximum Gasteiger partial charge on any atom is 0.338 e. The van der Waals surface area contributed by atoms with E-state index in [9.17, 15) is 20.1 Å².